The molecule has 0 aliphatic heterocycles. The van der Waals surface area contributed by atoms with Gasteiger partial charge in [-0.3, -0.25) is 9.59 Å². The van der Waals surface area contributed by atoms with Gasteiger partial charge in [-0.25, -0.2) is 9.37 Å². The highest BCUT2D eigenvalue weighted by Crippen LogP contribution is 2.32. The van der Waals surface area contributed by atoms with Crippen molar-refractivity contribution in [1.29, 1.82) is 0 Å². The first-order chi connectivity index (χ1) is 13.0. The highest BCUT2D eigenvalue weighted by molar-refractivity contribution is 7.19. The van der Waals surface area contributed by atoms with Crippen molar-refractivity contribution >= 4 is 28.3 Å². The lowest BCUT2D eigenvalue weighted by molar-refractivity contribution is -0.123. The van der Waals surface area contributed by atoms with Crippen molar-refractivity contribution in [3.8, 4) is 10.4 Å². The Morgan fingerprint density at radius 2 is 1.85 bits per heavy atom. The number of carbonyl (C=O) groups is 2. The quantitative estimate of drug-likeness (QED) is 0.684. The first kappa shape index (κ1) is 18.7. The van der Waals surface area contributed by atoms with Gasteiger partial charge in [0, 0.05) is 0 Å². The summed E-state index contributed by atoms with van der Waals surface area (Å²) in [4.78, 5) is 29.3. The average Bonchev–Trinajstić information content (AvgIpc) is 3.01. The number of anilines is 1. The Morgan fingerprint density at radius 1 is 1.07 bits per heavy atom. The molecule has 2 amide bonds. The fourth-order valence-electron chi connectivity index (χ4n) is 2.54. The van der Waals surface area contributed by atoms with E-state index in [9.17, 15) is 14.0 Å². The van der Waals surface area contributed by atoms with Crippen LogP contribution in [0, 0.1) is 12.7 Å². The van der Waals surface area contributed by atoms with E-state index >= 15 is 0 Å². The van der Waals surface area contributed by atoms with Gasteiger partial charge in [0.05, 0.1) is 23.5 Å². The van der Waals surface area contributed by atoms with Gasteiger partial charge in [-0.15, -0.1) is 0 Å². The van der Waals surface area contributed by atoms with E-state index in [1.54, 1.807) is 12.1 Å². The lowest BCUT2D eigenvalue weighted by atomic mass is 10.1. The minimum Gasteiger partial charge on any atom is -0.347 e. The summed E-state index contributed by atoms with van der Waals surface area (Å²) in [6.07, 6.45) is 0.0134. The molecule has 0 aliphatic carbocycles. The van der Waals surface area contributed by atoms with E-state index in [0.29, 0.717) is 10.7 Å². The molecule has 0 saturated carbocycles. The van der Waals surface area contributed by atoms with E-state index in [1.165, 1.54) is 23.5 Å². The topological polar surface area (TPSA) is 71.1 Å². The Labute approximate surface area is 160 Å². The Balaban J connectivity index is 1.53. The lowest BCUT2D eigenvalue weighted by Crippen LogP contribution is -2.33. The van der Waals surface area contributed by atoms with Crippen molar-refractivity contribution in [3.63, 3.8) is 0 Å². The summed E-state index contributed by atoms with van der Waals surface area (Å²) < 4.78 is 13.1. The lowest BCUT2D eigenvalue weighted by Gasteiger charge is -2.05. The van der Waals surface area contributed by atoms with Gasteiger partial charge >= 0.3 is 0 Å². The average molecular weight is 383 g/mol. The van der Waals surface area contributed by atoms with Gasteiger partial charge in [-0.2, -0.15) is 0 Å². The van der Waals surface area contributed by atoms with Gasteiger partial charge < -0.3 is 10.6 Å². The minimum atomic E-state index is -0.397. The van der Waals surface area contributed by atoms with E-state index in [4.69, 9.17) is 0 Å². The van der Waals surface area contributed by atoms with Crippen molar-refractivity contribution in [3.05, 3.63) is 71.7 Å². The van der Waals surface area contributed by atoms with E-state index in [0.717, 1.165) is 16.1 Å². The first-order valence-corrected chi connectivity index (χ1v) is 9.17. The number of hydrogen-bond acceptors (Lipinski definition) is 4. The SMILES string of the molecule is Cc1nc(NC(=O)CNC(=O)Cc2cccc(F)c2)sc1-c1ccccc1. The first-order valence-electron chi connectivity index (χ1n) is 8.35. The molecule has 7 heteroatoms. The van der Waals surface area contributed by atoms with Crippen molar-refractivity contribution in [1.82, 2.24) is 10.3 Å². The number of benzene rings is 2. The number of hydrogen-bond donors (Lipinski definition) is 2. The van der Waals surface area contributed by atoms with Gasteiger partial charge in [0.25, 0.3) is 0 Å². The minimum absolute atomic E-state index is 0.0134. The van der Waals surface area contributed by atoms with Gasteiger partial charge in [-0.05, 0) is 30.2 Å². The molecule has 3 aromatic rings. The number of carbonyl (C=O) groups excluding carboxylic acids is 2. The molecule has 0 radical (unpaired) electrons. The number of rotatable bonds is 6. The van der Waals surface area contributed by atoms with Crippen LogP contribution >= 0.6 is 11.3 Å². The van der Waals surface area contributed by atoms with Gasteiger partial charge in [0.1, 0.15) is 5.82 Å². The van der Waals surface area contributed by atoms with E-state index in [1.807, 2.05) is 37.3 Å². The molecule has 27 heavy (non-hydrogen) atoms. The monoisotopic (exact) mass is 383 g/mol. The van der Waals surface area contributed by atoms with Crippen molar-refractivity contribution in [2.75, 3.05) is 11.9 Å². The van der Waals surface area contributed by atoms with E-state index in [2.05, 4.69) is 15.6 Å². The molecule has 0 aliphatic rings. The molecule has 0 fully saturated rings. The number of nitrogens with zero attached hydrogens (tertiary/aromatic N) is 1. The summed E-state index contributed by atoms with van der Waals surface area (Å²) in [5.74, 6) is -1.11. The highest BCUT2D eigenvalue weighted by atomic mass is 32.1. The Hall–Kier alpha value is -3.06. The Kier molecular flexibility index (Phi) is 5.93. The second kappa shape index (κ2) is 8.55. The van der Waals surface area contributed by atoms with Gasteiger partial charge in [0.15, 0.2) is 5.13 Å². The molecule has 1 aromatic heterocycles. The summed E-state index contributed by atoms with van der Waals surface area (Å²) in [7, 11) is 0. The third-order valence-corrected chi connectivity index (χ3v) is 4.90. The molecule has 138 valence electrons. The standard InChI is InChI=1S/C20H18FN3O2S/c1-13-19(15-7-3-2-4-8-15)27-20(23-13)24-18(26)12-22-17(25)11-14-6-5-9-16(21)10-14/h2-10H,11-12H2,1H3,(H,22,25)(H,23,24,26). The number of halogens is 1. The van der Waals surface area contributed by atoms with Crippen LogP contribution in [0.25, 0.3) is 10.4 Å². The summed E-state index contributed by atoms with van der Waals surface area (Å²) in [5, 5.41) is 5.70. The van der Waals surface area contributed by atoms with Crippen molar-refractivity contribution in [2.24, 2.45) is 0 Å². The van der Waals surface area contributed by atoms with E-state index in [-0.39, 0.29) is 24.8 Å². The van der Waals surface area contributed by atoms with Crippen LogP contribution in [0.2, 0.25) is 0 Å². The fourth-order valence-corrected chi connectivity index (χ4v) is 3.53. The molecular formula is C20H18FN3O2S. The summed E-state index contributed by atoms with van der Waals surface area (Å²) in [6, 6.07) is 15.6. The molecule has 3 rings (SSSR count). The van der Waals surface area contributed by atoms with Crippen LogP contribution in [0.3, 0.4) is 0 Å². The van der Waals surface area contributed by atoms with Crippen LogP contribution in [-0.4, -0.2) is 23.3 Å². The van der Waals surface area contributed by atoms with Crippen molar-refractivity contribution < 1.29 is 14.0 Å². The third-order valence-electron chi connectivity index (χ3n) is 3.78. The van der Waals surface area contributed by atoms with Crippen LogP contribution in [0.4, 0.5) is 9.52 Å². The van der Waals surface area contributed by atoms with Crippen molar-refractivity contribution in [2.45, 2.75) is 13.3 Å². The van der Waals surface area contributed by atoms with Crippen LogP contribution in [0.1, 0.15) is 11.3 Å². The summed E-state index contributed by atoms with van der Waals surface area (Å²) >= 11 is 1.38. The molecule has 0 bridgehead atoms. The maximum Gasteiger partial charge on any atom is 0.245 e. The summed E-state index contributed by atoms with van der Waals surface area (Å²) in [6.45, 7) is 1.71. The molecule has 0 saturated heterocycles. The molecule has 0 spiro atoms. The molecule has 5 nitrogen and oxygen atoms in total. The molecule has 1 heterocycles. The number of aryl methyl sites for hydroxylation is 1. The molecule has 2 N–H and O–H groups in total. The summed E-state index contributed by atoms with van der Waals surface area (Å²) in [5.41, 5.74) is 2.42. The molecule has 0 atom stereocenters. The normalized spacial score (nSPS) is 10.4. The van der Waals surface area contributed by atoms with Gasteiger partial charge in [0.2, 0.25) is 11.8 Å². The second-order valence-corrected chi connectivity index (χ2v) is 6.93. The maximum atomic E-state index is 13.1. The third kappa shape index (κ3) is 5.21. The highest BCUT2D eigenvalue weighted by Gasteiger charge is 2.13. The predicted molar refractivity (Wildman–Crippen MR) is 104 cm³/mol. The number of aromatic nitrogens is 1. The van der Waals surface area contributed by atoms with Gasteiger partial charge in [-0.1, -0.05) is 53.8 Å². The van der Waals surface area contributed by atoms with Crippen LogP contribution < -0.4 is 10.6 Å². The Bertz CT molecular complexity index is 957. The molecule has 0 unspecified atom stereocenters. The Morgan fingerprint density at radius 3 is 2.59 bits per heavy atom. The zero-order valence-electron chi connectivity index (χ0n) is 14.7. The van der Waals surface area contributed by atoms with Crippen LogP contribution in [0.15, 0.2) is 54.6 Å². The number of thiazole rings is 1. The van der Waals surface area contributed by atoms with E-state index < -0.39 is 5.82 Å². The predicted octanol–water partition coefficient (Wildman–Crippen LogP) is 3.56. The largest absolute Gasteiger partial charge is 0.347 e. The molecule has 2 aromatic carbocycles. The smallest absolute Gasteiger partial charge is 0.245 e. The maximum absolute atomic E-state index is 13.1. The van der Waals surface area contributed by atoms with Crippen LogP contribution in [-0.2, 0) is 16.0 Å². The second-order valence-electron chi connectivity index (χ2n) is 5.93. The van der Waals surface area contributed by atoms with Crippen LogP contribution in [0.5, 0.6) is 0 Å². The molecular weight excluding hydrogens is 365 g/mol. The number of nitrogens with one attached hydrogen (secondary N) is 2. The number of amides is 2. The zero-order chi connectivity index (χ0) is 19.2. The fraction of sp³-hybridized carbons (Fsp3) is 0.150. The zero-order valence-corrected chi connectivity index (χ0v) is 15.5.